The highest BCUT2D eigenvalue weighted by atomic mass is 16.5. The van der Waals surface area contributed by atoms with E-state index in [-0.39, 0.29) is 12.4 Å². The molecule has 0 atom stereocenters. The highest BCUT2D eigenvalue weighted by Gasteiger charge is 2.36. The topological polar surface area (TPSA) is 95.6 Å². The van der Waals surface area contributed by atoms with Crippen molar-refractivity contribution in [1.29, 1.82) is 0 Å². The molecule has 88 valence electrons. The summed E-state index contributed by atoms with van der Waals surface area (Å²) in [6, 6.07) is 1.56. The zero-order valence-electron chi connectivity index (χ0n) is 9.45. The second-order valence-electron chi connectivity index (χ2n) is 2.77. The monoisotopic (exact) mass is 235 g/mol. The first-order valence-electron chi connectivity index (χ1n) is 4.86. The quantitative estimate of drug-likeness (QED) is 0.182. The molecule has 0 N–H and O–H groups in total. The molecular formula is C10H11N4O3+. The van der Waals surface area contributed by atoms with Gasteiger partial charge in [-0.15, -0.1) is 0 Å². The van der Waals surface area contributed by atoms with Crippen LogP contribution in [0.4, 0.5) is 0 Å². The Morgan fingerprint density at radius 2 is 2.06 bits per heavy atom. The predicted molar refractivity (Wildman–Crippen MR) is 56.6 cm³/mol. The van der Waals surface area contributed by atoms with Gasteiger partial charge in [0.15, 0.2) is 0 Å². The lowest BCUT2D eigenvalue weighted by Crippen LogP contribution is -2.29. The third-order valence-corrected chi connectivity index (χ3v) is 1.65. The summed E-state index contributed by atoms with van der Waals surface area (Å²) >= 11 is 0. The van der Waals surface area contributed by atoms with E-state index in [1.807, 2.05) is 0 Å². The minimum Gasteiger partial charge on any atom is -0.457 e. The van der Waals surface area contributed by atoms with Gasteiger partial charge in [0.1, 0.15) is 7.05 Å². The average Bonchev–Trinajstić information content (AvgIpc) is 2.36. The van der Waals surface area contributed by atoms with Crippen LogP contribution in [-0.4, -0.2) is 45.9 Å². The van der Waals surface area contributed by atoms with E-state index in [2.05, 4.69) is 19.9 Å². The van der Waals surface area contributed by atoms with Gasteiger partial charge in [0.05, 0.1) is 16.5 Å². The van der Waals surface area contributed by atoms with Gasteiger partial charge in [-0.2, -0.15) is 0 Å². The Hall–Kier alpha value is -2.40. The lowest BCUT2D eigenvalue weighted by molar-refractivity contribution is -0.144. The SMILES string of the molecule is CCOC(=O)C(=[N+]=NC)C(=O)c1ncccn1. The van der Waals surface area contributed by atoms with Crippen LogP contribution in [0.2, 0.25) is 0 Å². The molecule has 1 rings (SSSR count). The molecule has 0 saturated heterocycles. The molecule has 1 aromatic rings. The van der Waals surface area contributed by atoms with Crippen molar-refractivity contribution in [1.82, 2.24) is 9.97 Å². The number of ketones is 1. The number of hydrogen-bond acceptors (Lipinski definition) is 6. The third-order valence-electron chi connectivity index (χ3n) is 1.65. The standard InChI is InChI=1S/C10H11N4O3/c1-3-17-10(16)7(14-11-2)8(15)9-12-5-4-6-13-9/h4-6H,3H2,1-2H3/q+1. The molecule has 0 spiro atoms. The van der Waals surface area contributed by atoms with Crippen LogP contribution in [0.1, 0.15) is 17.5 Å². The zero-order valence-corrected chi connectivity index (χ0v) is 9.45. The van der Waals surface area contributed by atoms with Crippen LogP contribution < -0.4 is 0 Å². The van der Waals surface area contributed by atoms with Crippen LogP contribution in [0.15, 0.2) is 23.6 Å². The van der Waals surface area contributed by atoms with Gasteiger partial charge in [-0.3, -0.25) is 4.79 Å². The maximum atomic E-state index is 11.8. The van der Waals surface area contributed by atoms with Crippen LogP contribution in [-0.2, 0) is 9.53 Å². The van der Waals surface area contributed by atoms with E-state index in [4.69, 9.17) is 4.74 Å². The summed E-state index contributed by atoms with van der Waals surface area (Å²) in [6.45, 7) is 1.77. The number of hydrogen-bond donors (Lipinski definition) is 0. The maximum Gasteiger partial charge on any atom is 0.499 e. The number of ether oxygens (including phenoxy) is 1. The Labute approximate surface area is 97.3 Å². The molecule has 0 bridgehead atoms. The van der Waals surface area contributed by atoms with Gasteiger partial charge in [-0.25, -0.2) is 14.8 Å². The van der Waals surface area contributed by atoms with Crippen LogP contribution in [0.25, 0.3) is 0 Å². The van der Waals surface area contributed by atoms with Crippen molar-refractivity contribution in [3.63, 3.8) is 0 Å². The molecule has 7 heteroatoms. The summed E-state index contributed by atoms with van der Waals surface area (Å²) in [4.78, 5) is 34.2. The fraction of sp³-hybridized carbons (Fsp3) is 0.300. The number of carbonyl (C=O) groups is 2. The highest BCUT2D eigenvalue weighted by Crippen LogP contribution is 1.94. The number of rotatable bonds is 4. The predicted octanol–water partition coefficient (Wildman–Crippen LogP) is -0.0464. The summed E-state index contributed by atoms with van der Waals surface area (Å²) in [5.74, 6) is -1.67. The van der Waals surface area contributed by atoms with Gasteiger partial charge in [0.25, 0.3) is 0 Å². The molecule has 0 aliphatic heterocycles. The first-order valence-corrected chi connectivity index (χ1v) is 4.86. The number of aromatic nitrogens is 2. The van der Waals surface area contributed by atoms with Crippen molar-refractivity contribution in [3.05, 3.63) is 24.3 Å². The summed E-state index contributed by atoms with van der Waals surface area (Å²) < 4.78 is 4.69. The Kier molecular flexibility index (Phi) is 4.65. The number of esters is 1. The Morgan fingerprint density at radius 1 is 1.41 bits per heavy atom. The largest absolute Gasteiger partial charge is 0.499 e. The lowest BCUT2D eigenvalue weighted by atomic mass is 10.2. The summed E-state index contributed by atoms with van der Waals surface area (Å²) in [5.41, 5.74) is -0.430. The molecule has 0 aromatic carbocycles. The second-order valence-corrected chi connectivity index (χ2v) is 2.77. The van der Waals surface area contributed by atoms with Crippen LogP contribution in [0, 0.1) is 0 Å². The highest BCUT2D eigenvalue weighted by molar-refractivity contribution is 6.65. The fourth-order valence-corrected chi connectivity index (χ4v) is 1.00. The molecule has 0 aliphatic carbocycles. The molecule has 17 heavy (non-hydrogen) atoms. The Balaban J connectivity index is 3.06. The molecule has 0 amide bonds. The molecule has 7 nitrogen and oxygen atoms in total. The molecule has 1 heterocycles. The molecule has 1 aromatic heterocycles. The van der Waals surface area contributed by atoms with Crippen molar-refractivity contribution >= 4 is 17.5 Å². The van der Waals surface area contributed by atoms with Gasteiger partial charge < -0.3 is 4.74 Å². The van der Waals surface area contributed by atoms with Crippen LogP contribution in [0.5, 0.6) is 0 Å². The third kappa shape index (κ3) is 3.29. The van der Waals surface area contributed by atoms with Crippen molar-refractivity contribution in [2.75, 3.05) is 13.7 Å². The van der Waals surface area contributed by atoms with E-state index < -0.39 is 17.5 Å². The minimum absolute atomic E-state index is 0.122. The minimum atomic E-state index is -0.837. The number of carbonyl (C=O) groups excluding carboxylic acids is 2. The smallest absolute Gasteiger partial charge is 0.457 e. The molecule has 0 aliphatic rings. The molecule has 0 saturated carbocycles. The van der Waals surface area contributed by atoms with E-state index in [9.17, 15) is 9.59 Å². The van der Waals surface area contributed by atoms with Gasteiger partial charge in [-0.1, -0.05) is 0 Å². The number of Topliss-reactive ketones (excluding diaryl/α,β-unsaturated/α-hetero) is 1. The summed E-state index contributed by atoms with van der Waals surface area (Å²) in [7, 11) is 1.35. The van der Waals surface area contributed by atoms with E-state index in [0.29, 0.717) is 0 Å². The summed E-state index contributed by atoms with van der Waals surface area (Å²) in [6.07, 6.45) is 2.79. The lowest BCUT2D eigenvalue weighted by Gasteiger charge is -1.94. The maximum absolute atomic E-state index is 11.8. The Morgan fingerprint density at radius 3 is 2.59 bits per heavy atom. The first kappa shape index (κ1) is 12.7. The molecule has 0 fully saturated rings. The first-order chi connectivity index (χ1) is 8.20. The second kappa shape index (κ2) is 6.24. The van der Waals surface area contributed by atoms with Crippen LogP contribution in [0.3, 0.4) is 0 Å². The fourth-order valence-electron chi connectivity index (χ4n) is 1.00. The van der Waals surface area contributed by atoms with E-state index in [1.54, 1.807) is 13.0 Å². The van der Waals surface area contributed by atoms with E-state index >= 15 is 0 Å². The Bertz CT molecular complexity index is 478. The molecule has 0 radical (unpaired) electrons. The van der Waals surface area contributed by atoms with Crippen molar-refractivity contribution in [2.45, 2.75) is 6.92 Å². The van der Waals surface area contributed by atoms with Gasteiger partial charge in [0, 0.05) is 12.4 Å². The normalized spacial score (nSPS) is 9.06. The average molecular weight is 235 g/mol. The summed E-state index contributed by atoms with van der Waals surface area (Å²) in [5, 5.41) is 3.40. The number of nitrogens with zero attached hydrogens (tertiary/aromatic N) is 4. The van der Waals surface area contributed by atoms with Gasteiger partial charge in [-0.05, 0) is 13.0 Å². The van der Waals surface area contributed by atoms with Crippen molar-refractivity contribution < 1.29 is 19.1 Å². The molecule has 0 unspecified atom stereocenters. The molecular weight excluding hydrogens is 224 g/mol. The zero-order chi connectivity index (χ0) is 12.7. The van der Waals surface area contributed by atoms with Crippen molar-refractivity contribution in [2.24, 2.45) is 5.11 Å². The van der Waals surface area contributed by atoms with Crippen molar-refractivity contribution in [3.8, 4) is 0 Å². The van der Waals surface area contributed by atoms with E-state index in [1.165, 1.54) is 19.4 Å². The van der Waals surface area contributed by atoms with E-state index in [0.717, 1.165) is 0 Å². The van der Waals surface area contributed by atoms with Gasteiger partial charge >= 0.3 is 17.5 Å². The van der Waals surface area contributed by atoms with Gasteiger partial charge in [0.2, 0.25) is 5.82 Å². The van der Waals surface area contributed by atoms with Crippen LogP contribution >= 0.6 is 0 Å².